The maximum atomic E-state index is 12.3. The van der Waals surface area contributed by atoms with Crippen LogP contribution in [0.2, 0.25) is 10.0 Å². The lowest BCUT2D eigenvalue weighted by atomic mass is 10.1. The van der Waals surface area contributed by atoms with Crippen LogP contribution in [0, 0.1) is 10.1 Å². The zero-order valence-electron chi connectivity index (χ0n) is 10.8. The van der Waals surface area contributed by atoms with Crippen LogP contribution in [0.5, 0.6) is 0 Å². The van der Waals surface area contributed by atoms with E-state index in [0.717, 1.165) is 18.6 Å². The predicted octanol–water partition coefficient (Wildman–Crippen LogP) is 3.77. The van der Waals surface area contributed by atoms with Gasteiger partial charge >= 0.3 is 0 Å². The van der Waals surface area contributed by atoms with Gasteiger partial charge < -0.3 is 4.90 Å². The van der Waals surface area contributed by atoms with Crippen molar-refractivity contribution in [2.45, 2.75) is 26.3 Å². The average Bonchev–Trinajstić information content (AvgIpc) is 2.38. The van der Waals surface area contributed by atoms with Gasteiger partial charge in [0.25, 0.3) is 11.6 Å². The van der Waals surface area contributed by atoms with E-state index in [-0.39, 0.29) is 33.2 Å². The number of hydrogen-bond acceptors (Lipinski definition) is 3. The van der Waals surface area contributed by atoms with Gasteiger partial charge in [-0.05, 0) is 13.3 Å². The molecule has 1 atom stereocenters. The third-order valence-corrected chi connectivity index (χ3v) is 3.83. The van der Waals surface area contributed by atoms with Gasteiger partial charge in [-0.25, -0.2) is 0 Å². The van der Waals surface area contributed by atoms with E-state index in [1.165, 1.54) is 4.90 Å². The highest BCUT2D eigenvalue weighted by atomic mass is 35.5. The third-order valence-electron chi connectivity index (χ3n) is 3.03. The second-order valence-corrected chi connectivity index (χ2v) is 5.00. The molecule has 19 heavy (non-hydrogen) atoms. The van der Waals surface area contributed by atoms with Crippen molar-refractivity contribution in [3.63, 3.8) is 0 Å². The van der Waals surface area contributed by atoms with Crippen molar-refractivity contribution in [3.05, 3.63) is 37.9 Å². The normalized spacial score (nSPS) is 12.1. The van der Waals surface area contributed by atoms with Crippen LogP contribution in [-0.4, -0.2) is 28.8 Å². The molecule has 1 rings (SSSR count). The lowest BCUT2D eigenvalue weighted by Crippen LogP contribution is -2.34. The quantitative estimate of drug-likeness (QED) is 0.628. The number of carbonyl (C=O) groups excluding carboxylic acids is 1. The first-order valence-electron chi connectivity index (χ1n) is 5.70. The second-order valence-electron chi connectivity index (χ2n) is 4.22. The smallest absolute Gasteiger partial charge is 0.271 e. The van der Waals surface area contributed by atoms with E-state index in [9.17, 15) is 14.9 Å². The Balaban J connectivity index is 3.26. The van der Waals surface area contributed by atoms with Crippen LogP contribution in [0.25, 0.3) is 0 Å². The van der Waals surface area contributed by atoms with Gasteiger partial charge in [-0.1, -0.05) is 30.1 Å². The minimum Gasteiger partial charge on any atom is -0.339 e. The van der Waals surface area contributed by atoms with E-state index in [0.29, 0.717) is 0 Å². The Bertz CT molecular complexity index is 520. The van der Waals surface area contributed by atoms with Crippen molar-refractivity contribution < 1.29 is 9.72 Å². The highest BCUT2D eigenvalue weighted by Gasteiger charge is 2.23. The summed E-state index contributed by atoms with van der Waals surface area (Å²) >= 11 is 11.8. The molecule has 1 amide bonds. The van der Waals surface area contributed by atoms with Gasteiger partial charge in [-0.2, -0.15) is 0 Å². The Hall–Kier alpha value is -1.33. The summed E-state index contributed by atoms with van der Waals surface area (Å²) in [6, 6.07) is 2.28. The molecule has 1 unspecified atom stereocenters. The van der Waals surface area contributed by atoms with Gasteiger partial charge in [0.15, 0.2) is 0 Å². The van der Waals surface area contributed by atoms with Crippen LogP contribution < -0.4 is 0 Å². The minimum atomic E-state index is -0.609. The van der Waals surface area contributed by atoms with Crippen molar-refractivity contribution in [1.82, 2.24) is 4.90 Å². The van der Waals surface area contributed by atoms with Crippen molar-refractivity contribution >= 4 is 34.8 Å². The summed E-state index contributed by atoms with van der Waals surface area (Å²) in [5.74, 6) is -0.384. The number of benzene rings is 1. The highest BCUT2D eigenvalue weighted by Crippen LogP contribution is 2.31. The molecule has 0 heterocycles. The molecule has 0 radical (unpaired) electrons. The number of amides is 1. The molecule has 0 saturated heterocycles. The highest BCUT2D eigenvalue weighted by molar-refractivity contribution is 6.44. The van der Waals surface area contributed by atoms with Crippen molar-refractivity contribution in [3.8, 4) is 0 Å². The molecular formula is C12H14Cl2N2O3. The second kappa shape index (κ2) is 6.21. The molecule has 5 nitrogen and oxygen atoms in total. The molecule has 0 aliphatic rings. The first-order chi connectivity index (χ1) is 8.79. The molecule has 1 aromatic rings. The van der Waals surface area contributed by atoms with Gasteiger partial charge in [0.1, 0.15) is 0 Å². The van der Waals surface area contributed by atoms with Gasteiger partial charge in [0.2, 0.25) is 0 Å². The number of nitrogens with zero attached hydrogens (tertiary/aromatic N) is 2. The van der Waals surface area contributed by atoms with Crippen molar-refractivity contribution in [2.75, 3.05) is 7.05 Å². The van der Waals surface area contributed by atoms with Gasteiger partial charge in [0, 0.05) is 25.2 Å². The van der Waals surface area contributed by atoms with Crippen LogP contribution in [0.4, 0.5) is 5.69 Å². The molecule has 0 aliphatic heterocycles. The Labute approximate surface area is 121 Å². The summed E-state index contributed by atoms with van der Waals surface area (Å²) in [5, 5.41) is 10.8. The largest absolute Gasteiger partial charge is 0.339 e. The Morgan fingerprint density at radius 1 is 1.47 bits per heavy atom. The summed E-state index contributed by atoms with van der Waals surface area (Å²) < 4.78 is 0. The first-order valence-corrected chi connectivity index (χ1v) is 6.45. The summed E-state index contributed by atoms with van der Waals surface area (Å²) in [5.41, 5.74) is -0.209. The number of hydrogen-bond donors (Lipinski definition) is 0. The molecule has 0 fully saturated rings. The van der Waals surface area contributed by atoms with E-state index < -0.39 is 4.92 Å². The zero-order chi connectivity index (χ0) is 14.7. The maximum Gasteiger partial charge on any atom is 0.271 e. The first kappa shape index (κ1) is 15.7. The average molecular weight is 305 g/mol. The summed E-state index contributed by atoms with van der Waals surface area (Å²) in [4.78, 5) is 23.9. The zero-order valence-corrected chi connectivity index (χ0v) is 12.3. The Kier molecular flexibility index (Phi) is 5.14. The standard InChI is InChI=1S/C12H14Cl2N2O3/c1-4-7(2)15(3)12(17)9-5-8(16(18)19)6-10(13)11(9)14/h5-7H,4H2,1-3H3. The maximum absolute atomic E-state index is 12.3. The third kappa shape index (κ3) is 3.36. The number of non-ortho nitro benzene ring substituents is 1. The molecule has 0 aromatic heterocycles. The summed E-state index contributed by atoms with van der Waals surface area (Å²) in [7, 11) is 1.62. The number of nitro benzene ring substituents is 1. The van der Waals surface area contributed by atoms with Crippen LogP contribution in [-0.2, 0) is 0 Å². The molecule has 0 saturated carbocycles. The fourth-order valence-electron chi connectivity index (χ4n) is 1.50. The number of carbonyl (C=O) groups is 1. The Morgan fingerprint density at radius 2 is 2.05 bits per heavy atom. The number of rotatable bonds is 4. The minimum absolute atomic E-state index is 0.00149. The lowest BCUT2D eigenvalue weighted by molar-refractivity contribution is -0.384. The van der Waals surface area contributed by atoms with Gasteiger partial charge in [-0.3, -0.25) is 14.9 Å². The number of nitro groups is 1. The summed E-state index contributed by atoms with van der Waals surface area (Å²) in [6.45, 7) is 3.82. The molecular weight excluding hydrogens is 291 g/mol. The van der Waals surface area contributed by atoms with Crippen LogP contribution in [0.1, 0.15) is 30.6 Å². The van der Waals surface area contributed by atoms with E-state index in [1.807, 2.05) is 13.8 Å². The van der Waals surface area contributed by atoms with Crippen LogP contribution >= 0.6 is 23.2 Å². The molecule has 0 bridgehead atoms. The van der Waals surface area contributed by atoms with Crippen molar-refractivity contribution in [2.24, 2.45) is 0 Å². The fraction of sp³-hybridized carbons (Fsp3) is 0.417. The van der Waals surface area contributed by atoms with Crippen LogP contribution in [0.15, 0.2) is 12.1 Å². The van der Waals surface area contributed by atoms with Crippen molar-refractivity contribution in [1.29, 1.82) is 0 Å². The van der Waals surface area contributed by atoms with E-state index in [2.05, 4.69) is 0 Å². The SMILES string of the molecule is CCC(C)N(C)C(=O)c1cc([N+](=O)[O-])cc(Cl)c1Cl. The molecule has 0 N–H and O–H groups in total. The molecule has 7 heteroatoms. The van der Waals surface area contributed by atoms with Gasteiger partial charge in [-0.15, -0.1) is 0 Å². The molecule has 0 aliphatic carbocycles. The molecule has 104 valence electrons. The fourth-order valence-corrected chi connectivity index (χ4v) is 1.90. The molecule has 0 spiro atoms. The van der Waals surface area contributed by atoms with Gasteiger partial charge in [0.05, 0.1) is 20.5 Å². The summed E-state index contributed by atoms with van der Waals surface area (Å²) in [6.07, 6.45) is 0.766. The van der Waals surface area contributed by atoms with E-state index >= 15 is 0 Å². The van der Waals surface area contributed by atoms with Crippen LogP contribution in [0.3, 0.4) is 0 Å². The van der Waals surface area contributed by atoms with E-state index in [1.54, 1.807) is 7.05 Å². The number of halogens is 2. The monoisotopic (exact) mass is 304 g/mol. The van der Waals surface area contributed by atoms with E-state index in [4.69, 9.17) is 23.2 Å². The topological polar surface area (TPSA) is 63.5 Å². The Morgan fingerprint density at radius 3 is 2.53 bits per heavy atom. The lowest BCUT2D eigenvalue weighted by Gasteiger charge is -2.24. The predicted molar refractivity (Wildman–Crippen MR) is 75.0 cm³/mol. The molecule has 1 aromatic carbocycles.